The molecule has 1 amide bonds. The third-order valence-corrected chi connectivity index (χ3v) is 3.79. The predicted octanol–water partition coefficient (Wildman–Crippen LogP) is -0.483. The van der Waals surface area contributed by atoms with Crippen molar-refractivity contribution in [1.82, 2.24) is 20.1 Å². The summed E-state index contributed by atoms with van der Waals surface area (Å²) in [5.41, 5.74) is 0.457. The fourth-order valence-electron chi connectivity index (χ4n) is 2.63. The summed E-state index contributed by atoms with van der Waals surface area (Å²) >= 11 is 0. The molecule has 0 bridgehead atoms. The molecule has 19 heavy (non-hydrogen) atoms. The number of carbonyl (C=O) groups is 1. The highest BCUT2D eigenvalue weighted by atomic mass is 16.3. The molecule has 1 aromatic rings. The van der Waals surface area contributed by atoms with E-state index < -0.39 is 0 Å². The molecule has 2 aliphatic rings. The molecule has 0 unspecified atom stereocenters. The van der Waals surface area contributed by atoms with Crippen LogP contribution >= 0.6 is 0 Å². The Labute approximate surface area is 112 Å². The summed E-state index contributed by atoms with van der Waals surface area (Å²) in [7, 11) is 0. The van der Waals surface area contributed by atoms with E-state index in [1.54, 1.807) is 0 Å². The highest BCUT2D eigenvalue weighted by molar-refractivity contribution is 5.94. The number of piperazine rings is 1. The Balaban J connectivity index is 1.56. The van der Waals surface area contributed by atoms with Crippen LogP contribution in [-0.2, 0) is 0 Å². The number of amides is 1. The number of pyridine rings is 1. The van der Waals surface area contributed by atoms with Crippen LogP contribution in [0.4, 0.5) is 0 Å². The molecule has 1 aromatic heterocycles. The number of rotatable bonds is 2. The first kappa shape index (κ1) is 12.4. The lowest BCUT2D eigenvalue weighted by molar-refractivity contribution is 0.0226. The maximum absolute atomic E-state index is 12.2. The molecule has 0 saturated carbocycles. The first-order valence-corrected chi connectivity index (χ1v) is 6.62. The van der Waals surface area contributed by atoms with Crippen molar-refractivity contribution in [2.45, 2.75) is 6.04 Å². The van der Waals surface area contributed by atoms with Crippen molar-refractivity contribution in [3.63, 3.8) is 0 Å². The summed E-state index contributed by atoms with van der Waals surface area (Å²) in [6.45, 7) is 5.71. The molecule has 2 N–H and O–H groups in total. The average molecular weight is 262 g/mol. The number of nitrogens with zero attached hydrogens (tertiary/aromatic N) is 3. The van der Waals surface area contributed by atoms with Crippen molar-refractivity contribution in [2.75, 3.05) is 39.3 Å². The second-order valence-corrected chi connectivity index (χ2v) is 5.08. The number of hydrogen-bond donors (Lipinski definition) is 2. The van der Waals surface area contributed by atoms with Gasteiger partial charge in [0.15, 0.2) is 0 Å². The molecular formula is C13H18N4O2. The van der Waals surface area contributed by atoms with Crippen molar-refractivity contribution in [2.24, 2.45) is 0 Å². The van der Waals surface area contributed by atoms with E-state index in [0.29, 0.717) is 11.6 Å². The Morgan fingerprint density at radius 3 is 2.74 bits per heavy atom. The van der Waals surface area contributed by atoms with Gasteiger partial charge >= 0.3 is 0 Å². The number of likely N-dealkylation sites (tertiary alicyclic amines) is 1. The van der Waals surface area contributed by atoms with E-state index in [1.807, 2.05) is 4.90 Å². The highest BCUT2D eigenvalue weighted by Gasteiger charge is 2.35. The second-order valence-electron chi connectivity index (χ2n) is 5.08. The van der Waals surface area contributed by atoms with Crippen molar-refractivity contribution in [3.8, 4) is 5.75 Å². The molecule has 2 saturated heterocycles. The quantitative estimate of drug-likeness (QED) is 0.753. The third-order valence-electron chi connectivity index (χ3n) is 3.79. The van der Waals surface area contributed by atoms with Crippen molar-refractivity contribution in [3.05, 3.63) is 24.0 Å². The Morgan fingerprint density at radius 1 is 1.32 bits per heavy atom. The van der Waals surface area contributed by atoms with Gasteiger partial charge in [0.25, 0.3) is 5.91 Å². The molecule has 3 rings (SSSR count). The minimum absolute atomic E-state index is 0.0324. The lowest BCUT2D eigenvalue weighted by atomic mass is 10.0. The molecule has 102 valence electrons. The minimum Gasteiger partial charge on any atom is -0.506 e. The van der Waals surface area contributed by atoms with Gasteiger partial charge in [0.05, 0.1) is 11.8 Å². The Morgan fingerprint density at radius 2 is 2.05 bits per heavy atom. The summed E-state index contributed by atoms with van der Waals surface area (Å²) in [6.07, 6.45) is 2.83. The number of aromatic hydroxyl groups is 1. The van der Waals surface area contributed by atoms with E-state index in [4.69, 9.17) is 0 Å². The van der Waals surface area contributed by atoms with Gasteiger partial charge in [-0.05, 0) is 6.07 Å². The molecule has 6 nitrogen and oxygen atoms in total. The van der Waals surface area contributed by atoms with E-state index in [-0.39, 0.29) is 11.7 Å². The van der Waals surface area contributed by atoms with Crippen LogP contribution in [0.2, 0.25) is 0 Å². The fourth-order valence-corrected chi connectivity index (χ4v) is 2.63. The summed E-state index contributed by atoms with van der Waals surface area (Å²) in [6, 6.07) is 1.95. The smallest absolute Gasteiger partial charge is 0.255 e. The number of carbonyl (C=O) groups excluding carboxylic acids is 1. The van der Waals surface area contributed by atoms with Gasteiger partial charge in [-0.2, -0.15) is 0 Å². The van der Waals surface area contributed by atoms with Crippen LogP contribution in [0.5, 0.6) is 5.75 Å². The molecule has 0 aromatic carbocycles. The highest BCUT2D eigenvalue weighted by Crippen LogP contribution is 2.19. The molecule has 0 radical (unpaired) electrons. The van der Waals surface area contributed by atoms with Gasteiger partial charge in [0.1, 0.15) is 5.75 Å². The molecule has 2 fully saturated rings. The van der Waals surface area contributed by atoms with Crippen LogP contribution in [0.25, 0.3) is 0 Å². The molecule has 6 heteroatoms. The number of aromatic nitrogens is 1. The van der Waals surface area contributed by atoms with Crippen molar-refractivity contribution < 1.29 is 9.90 Å². The second kappa shape index (κ2) is 5.14. The van der Waals surface area contributed by atoms with E-state index >= 15 is 0 Å². The van der Waals surface area contributed by atoms with E-state index in [0.717, 1.165) is 39.3 Å². The molecule has 2 aliphatic heterocycles. The average Bonchev–Trinajstić information content (AvgIpc) is 2.38. The summed E-state index contributed by atoms with van der Waals surface area (Å²) < 4.78 is 0. The zero-order valence-corrected chi connectivity index (χ0v) is 10.7. The summed E-state index contributed by atoms with van der Waals surface area (Å²) in [5, 5.41) is 12.7. The van der Waals surface area contributed by atoms with Crippen LogP contribution < -0.4 is 5.32 Å². The van der Waals surface area contributed by atoms with Gasteiger partial charge in [-0.3, -0.25) is 14.7 Å². The monoisotopic (exact) mass is 262 g/mol. The molecule has 0 atom stereocenters. The maximum atomic E-state index is 12.2. The van der Waals surface area contributed by atoms with Gasteiger partial charge in [-0.1, -0.05) is 0 Å². The van der Waals surface area contributed by atoms with Crippen LogP contribution in [0.15, 0.2) is 18.5 Å². The van der Waals surface area contributed by atoms with E-state index in [9.17, 15) is 9.90 Å². The zero-order valence-electron chi connectivity index (χ0n) is 10.7. The summed E-state index contributed by atoms with van der Waals surface area (Å²) in [4.78, 5) is 20.2. The topological polar surface area (TPSA) is 68.7 Å². The lowest BCUT2D eigenvalue weighted by Crippen LogP contribution is -2.63. The predicted molar refractivity (Wildman–Crippen MR) is 70.0 cm³/mol. The maximum Gasteiger partial charge on any atom is 0.255 e. The van der Waals surface area contributed by atoms with Gasteiger partial charge in [-0.15, -0.1) is 0 Å². The van der Waals surface area contributed by atoms with Crippen molar-refractivity contribution >= 4 is 5.91 Å². The Bertz CT molecular complexity index is 467. The SMILES string of the molecule is O=C(c1cncc(O)c1)N1CC(N2CCNCC2)C1. The zero-order chi connectivity index (χ0) is 13.2. The van der Waals surface area contributed by atoms with E-state index in [2.05, 4.69) is 15.2 Å². The number of hydrogen-bond acceptors (Lipinski definition) is 5. The van der Waals surface area contributed by atoms with E-state index in [1.165, 1.54) is 18.5 Å². The van der Waals surface area contributed by atoms with Gasteiger partial charge in [0.2, 0.25) is 0 Å². The van der Waals surface area contributed by atoms with Gasteiger partial charge in [0, 0.05) is 51.5 Å². The first-order valence-electron chi connectivity index (χ1n) is 6.62. The lowest BCUT2D eigenvalue weighted by Gasteiger charge is -2.46. The van der Waals surface area contributed by atoms with Crippen LogP contribution in [0.3, 0.4) is 0 Å². The van der Waals surface area contributed by atoms with Crippen LogP contribution in [0.1, 0.15) is 10.4 Å². The normalized spacial score (nSPS) is 21.2. The molecular weight excluding hydrogens is 244 g/mol. The van der Waals surface area contributed by atoms with Crippen LogP contribution in [0, 0.1) is 0 Å². The molecule has 3 heterocycles. The Hall–Kier alpha value is -1.66. The van der Waals surface area contributed by atoms with Gasteiger partial charge in [-0.25, -0.2) is 0 Å². The molecule has 0 spiro atoms. The van der Waals surface area contributed by atoms with Gasteiger partial charge < -0.3 is 15.3 Å². The fraction of sp³-hybridized carbons (Fsp3) is 0.538. The number of nitrogens with one attached hydrogen (secondary N) is 1. The van der Waals surface area contributed by atoms with Crippen molar-refractivity contribution in [1.29, 1.82) is 0 Å². The molecule has 0 aliphatic carbocycles. The standard InChI is InChI=1S/C13H18N4O2/c18-12-5-10(6-15-7-12)13(19)17-8-11(9-17)16-3-1-14-2-4-16/h5-7,11,14,18H,1-4,8-9H2. The van der Waals surface area contributed by atoms with Crippen LogP contribution in [-0.4, -0.2) is 71.1 Å². The largest absolute Gasteiger partial charge is 0.506 e. The minimum atomic E-state index is -0.0465. The summed E-state index contributed by atoms with van der Waals surface area (Å²) in [5.74, 6) is -0.0141. The Kier molecular flexibility index (Phi) is 3.35. The first-order chi connectivity index (χ1) is 9.24. The third kappa shape index (κ3) is 2.54.